The minimum atomic E-state index is -2.43. The van der Waals surface area contributed by atoms with Crippen molar-refractivity contribution in [1.29, 1.82) is 0 Å². The van der Waals surface area contributed by atoms with Crippen LogP contribution in [0, 0.1) is 41.5 Å². The normalized spacial score (nSPS) is 13.9. The second-order valence-electron chi connectivity index (χ2n) is 9.65. The first-order chi connectivity index (χ1) is 14.7. The first kappa shape index (κ1) is 21.6. The molecule has 0 spiro atoms. The molecule has 0 nitrogen and oxygen atoms in total. The van der Waals surface area contributed by atoms with Gasteiger partial charge in [-0.15, -0.1) is 0 Å². The van der Waals surface area contributed by atoms with Gasteiger partial charge < -0.3 is 0 Å². The zero-order valence-corrected chi connectivity index (χ0v) is 21.1. The van der Waals surface area contributed by atoms with Gasteiger partial charge in [0.25, 0.3) is 0 Å². The highest BCUT2D eigenvalue weighted by Crippen LogP contribution is 2.30. The number of hydrogen-bond donors (Lipinski definition) is 0. The summed E-state index contributed by atoms with van der Waals surface area (Å²) in [7, 11) is -2.43. The third-order valence-electron chi connectivity index (χ3n) is 6.58. The van der Waals surface area contributed by atoms with Crippen LogP contribution in [0.1, 0.15) is 46.7 Å². The summed E-state index contributed by atoms with van der Waals surface area (Å²) in [6.45, 7) is 15.8. The average molecular weight is 423 g/mol. The lowest BCUT2D eigenvalue weighted by Gasteiger charge is -2.37. The lowest BCUT2D eigenvalue weighted by Crippen LogP contribution is -2.69. The van der Waals surface area contributed by atoms with Crippen molar-refractivity contribution in [2.75, 3.05) is 0 Å². The summed E-state index contributed by atoms with van der Waals surface area (Å²) in [5, 5.41) is 6.17. The molecule has 0 atom stereocenters. The molecule has 158 valence electrons. The van der Waals surface area contributed by atoms with Crippen molar-refractivity contribution in [3.8, 4) is 0 Å². The van der Waals surface area contributed by atoms with Gasteiger partial charge in [0, 0.05) is 0 Å². The minimum Gasteiger partial charge on any atom is -0.0806 e. The quantitative estimate of drug-likeness (QED) is 0.367. The van der Waals surface area contributed by atoms with Crippen molar-refractivity contribution in [2.45, 2.75) is 54.9 Å². The van der Waals surface area contributed by atoms with Gasteiger partial charge in [-0.3, -0.25) is 0 Å². The number of benzene rings is 3. The number of hydrogen-bond acceptors (Lipinski definition) is 0. The maximum Gasteiger partial charge on any atom is 0.176 e. The third kappa shape index (κ3) is 3.88. The number of allylic oxidation sites excluding steroid dienone is 4. The Morgan fingerprint density at radius 1 is 0.484 bits per heavy atom. The molecule has 0 bridgehead atoms. The Morgan fingerprint density at radius 2 is 0.806 bits per heavy atom. The summed E-state index contributed by atoms with van der Waals surface area (Å²) >= 11 is 0. The Morgan fingerprint density at radius 3 is 1.06 bits per heavy atom. The fourth-order valence-corrected chi connectivity index (χ4v) is 11.5. The van der Waals surface area contributed by atoms with Gasteiger partial charge in [0.1, 0.15) is 0 Å². The summed E-state index contributed by atoms with van der Waals surface area (Å²) in [5.74, 6) is 0. The Labute approximate surface area is 189 Å². The largest absolute Gasteiger partial charge is 0.176 e. The summed E-state index contributed by atoms with van der Waals surface area (Å²) in [5.41, 5.74) is 9.56. The molecule has 3 aromatic carbocycles. The molecule has 0 amide bonds. The van der Waals surface area contributed by atoms with Crippen molar-refractivity contribution in [3.63, 3.8) is 0 Å². The van der Waals surface area contributed by atoms with Gasteiger partial charge in [-0.25, -0.2) is 0 Å². The molecule has 0 heterocycles. The maximum atomic E-state index is 2.47. The molecule has 0 aromatic heterocycles. The van der Waals surface area contributed by atoms with Crippen LogP contribution >= 0.6 is 0 Å². The number of aryl methyl sites for hydroxylation is 6. The summed E-state index contributed by atoms with van der Waals surface area (Å²) < 4.78 is 0. The van der Waals surface area contributed by atoms with Crippen LogP contribution in [-0.4, -0.2) is 8.07 Å². The van der Waals surface area contributed by atoms with E-state index in [0.717, 1.165) is 6.42 Å². The van der Waals surface area contributed by atoms with Crippen LogP contribution < -0.4 is 15.6 Å². The van der Waals surface area contributed by atoms with Gasteiger partial charge in [0.2, 0.25) is 0 Å². The van der Waals surface area contributed by atoms with E-state index in [4.69, 9.17) is 0 Å². The fourth-order valence-electron chi connectivity index (χ4n) is 5.66. The van der Waals surface area contributed by atoms with Crippen LogP contribution in [0.5, 0.6) is 0 Å². The smallest absolute Gasteiger partial charge is 0.0806 e. The molecule has 0 saturated carbocycles. The number of rotatable bonds is 4. The van der Waals surface area contributed by atoms with E-state index in [2.05, 4.69) is 115 Å². The molecule has 4 rings (SSSR count). The average Bonchev–Trinajstić information content (AvgIpc) is 3.06. The predicted octanol–water partition coefficient (Wildman–Crippen LogP) is 5.82. The molecular formula is C30H34Si. The maximum absolute atomic E-state index is 2.47. The molecule has 0 saturated heterocycles. The van der Waals surface area contributed by atoms with Gasteiger partial charge >= 0.3 is 0 Å². The van der Waals surface area contributed by atoms with E-state index in [0.29, 0.717) is 0 Å². The minimum absolute atomic E-state index is 1.05. The molecule has 0 aliphatic heterocycles. The van der Waals surface area contributed by atoms with E-state index in [1.165, 1.54) is 54.5 Å². The Kier molecular flexibility index (Phi) is 5.66. The van der Waals surface area contributed by atoms with Crippen molar-refractivity contribution in [2.24, 2.45) is 0 Å². The molecule has 3 aromatic rings. The molecule has 1 heteroatoms. The first-order valence-corrected chi connectivity index (χ1v) is 13.3. The van der Waals surface area contributed by atoms with Gasteiger partial charge in [-0.1, -0.05) is 111 Å². The van der Waals surface area contributed by atoms with Crippen LogP contribution in [0.2, 0.25) is 0 Å². The molecule has 0 N–H and O–H groups in total. The fraction of sp³-hybridized carbons (Fsp3) is 0.267. The zero-order chi connectivity index (χ0) is 22.3. The van der Waals surface area contributed by atoms with E-state index in [-0.39, 0.29) is 0 Å². The van der Waals surface area contributed by atoms with Gasteiger partial charge in [0.15, 0.2) is 8.07 Å². The third-order valence-corrected chi connectivity index (χ3v) is 11.6. The van der Waals surface area contributed by atoms with Crippen molar-refractivity contribution in [3.05, 3.63) is 111 Å². The molecular weight excluding hydrogens is 388 g/mol. The Bertz CT molecular complexity index is 1040. The molecule has 1 aliphatic carbocycles. The summed E-state index contributed by atoms with van der Waals surface area (Å²) in [6.07, 6.45) is 5.75. The van der Waals surface area contributed by atoms with Crippen LogP contribution in [0.25, 0.3) is 0 Å². The molecule has 0 unspecified atom stereocenters. The van der Waals surface area contributed by atoms with Crippen LogP contribution in [0.3, 0.4) is 0 Å². The van der Waals surface area contributed by atoms with Crippen LogP contribution in [0.4, 0.5) is 0 Å². The van der Waals surface area contributed by atoms with Gasteiger partial charge in [-0.05, 0) is 70.4 Å². The Balaban J connectivity index is 2.22. The molecule has 0 fully saturated rings. The van der Waals surface area contributed by atoms with Crippen molar-refractivity contribution < 1.29 is 0 Å². The lowest BCUT2D eigenvalue weighted by atomic mass is 10.1. The van der Waals surface area contributed by atoms with E-state index < -0.39 is 8.07 Å². The topological polar surface area (TPSA) is 0 Å². The van der Waals surface area contributed by atoms with E-state index in [1.54, 1.807) is 5.20 Å². The zero-order valence-electron chi connectivity index (χ0n) is 20.1. The highest BCUT2D eigenvalue weighted by molar-refractivity contribution is 7.16. The predicted molar refractivity (Wildman–Crippen MR) is 139 cm³/mol. The highest BCUT2D eigenvalue weighted by Gasteiger charge is 2.44. The van der Waals surface area contributed by atoms with Gasteiger partial charge in [-0.2, -0.15) is 0 Å². The monoisotopic (exact) mass is 422 g/mol. The standard InChI is InChI=1S/C30H34Si/c1-20-11-21(2)15-27(14-20)31(30-10-8-9-26(30)7,28-16-22(3)12-23(4)17-28)29-18-24(5)13-25(6)19-29/h8-9,11-19H,10H2,1-7H3. The summed E-state index contributed by atoms with van der Waals surface area (Å²) in [4.78, 5) is 0. The molecule has 1 aliphatic rings. The van der Waals surface area contributed by atoms with Gasteiger partial charge in [0.05, 0.1) is 0 Å². The highest BCUT2D eigenvalue weighted by atomic mass is 28.3. The summed E-state index contributed by atoms with van der Waals surface area (Å²) in [6, 6.07) is 21.7. The molecule has 31 heavy (non-hydrogen) atoms. The van der Waals surface area contributed by atoms with Crippen LogP contribution in [-0.2, 0) is 0 Å². The van der Waals surface area contributed by atoms with E-state index >= 15 is 0 Å². The van der Waals surface area contributed by atoms with Crippen molar-refractivity contribution in [1.82, 2.24) is 0 Å². The van der Waals surface area contributed by atoms with Crippen molar-refractivity contribution >= 4 is 23.6 Å². The second kappa shape index (κ2) is 8.13. The first-order valence-electron chi connectivity index (χ1n) is 11.3. The van der Waals surface area contributed by atoms with E-state index in [1.807, 2.05) is 0 Å². The molecule has 0 radical (unpaired) electrons. The lowest BCUT2D eigenvalue weighted by molar-refractivity contribution is 1.32. The van der Waals surface area contributed by atoms with Crippen LogP contribution in [0.15, 0.2) is 77.5 Å². The SMILES string of the molecule is CC1=C([Si](c2cc(C)cc(C)c2)(c2cc(C)cc(C)c2)c2cc(C)cc(C)c2)CC=C1. The second-order valence-corrected chi connectivity index (χ2v) is 13.5. The Hall–Kier alpha value is -2.64. The van der Waals surface area contributed by atoms with E-state index in [9.17, 15) is 0 Å².